The number of methoxy groups -OCH3 is 1. The molecule has 3 nitrogen and oxygen atoms in total. The van der Waals surface area contributed by atoms with E-state index < -0.39 is 0 Å². The third kappa shape index (κ3) is 4.00. The van der Waals surface area contributed by atoms with Gasteiger partial charge in [0.1, 0.15) is 5.75 Å². The van der Waals surface area contributed by atoms with Crippen LogP contribution in [0.2, 0.25) is 0 Å². The van der Waals surface area contributed by atoms with Gasteiger partial charge in [-0.2, -0.15) is 0 Å². The fourth-order valence-electron chi connectivity index (χ4n) is 1.65. The first-order valence-electron chi connectivity index (χ1n) is 6.43. The minimum absolute atomic E-state index is 0.130. The molecule has 0 aromatic heterocycles. The summed E-state index contributed by atoms with van der Waals surface area (Å²) in [6.45, 7) is 8.81. The lowest BCUT2D eigenvalue weighted by molar-refractivity contribution is -0.0269. The molecule has 18 heavy (non-hydrogen) atoms. The zero-order valence-electron chi connectivity index (χ0n) is 12.1. The maximum atomic E-state index is 6.20. The van der Waals surface area contributed by atoms with E-state index in [2.05, 4.69) is 26.8 Å². The normalized spacial score (nSPS) is 13.4. The number of ether oxygens (including phenoxy) is 2. The standard InChI is InChI=1S/C15H25NO2/c1-6-15(3,4)18-10-13(16)12-9-11(2)7-8-14(12)17-5/h7-9,13H,6,10,16H2,1-5H3. The predicted molar refractivity (Wildman–Crippen MR) is 75.0 cm³/mol. The van der Waals surface area contributed by atoms with Crippen LogP contribution in [0.4, 0.5) is 0 Å². The highest BCUT2D eigenvalue weighted by molar-refractivity contribution is 5.39. The third-order valence-electron chi connectivity index (χ3n) is 3.29. The van der Waals surface area contributed by atoms with E-state index in [1.165, 1.54) is 5.56 Å². The molecule has 2 N–H and O–H groups in total. The van der Waals surface area contributed by atoms with E-state index in [-0.39, 0.29) is 11.6 Å². The van der Waals surface area contributed by atoms with Crippen molar-refractivity contribution in [1.29, 1.82) is 0 Å². The maximum absolute atomic E-state index is 6.20. The third-order valence-corrected chi connectivity index (χ3v) is 3.29. The molecule has 102 valence electrons. The highest BCUT2D eigenvalue weighted by atomic mass is 16.5. The van der Waals surface area contributed by atoms with Crippen molar-refractivity contribution in [3.05, 3.63) is 29.3 Å². The Morgan fingerprint density at radius 2 is 2.00 bits per heavy atom. The molecule has 1 rings (SSSR count). The van der Waals surface area contributed by atoms with Crippen molar-refractivity contribution in [2.24, 2.45) is 5.73 Å². The molecule has 1 atom stereocenters. The number of benzene rings is 1. The van der Waals surface area contributed by atoms with Gasteiger partial charge in [0.05, 0.1) is 25.4 Å². The number of hydrogen-bond donors (Lipinski definition) is 1. The van der Waals surface area contributed by atoms with Crippen LogP contribution in [0, 0.1) is 6.92 Å². The molecule has 1 unspecified atom stereocenters. The molecule has 1 aromatic carbocycles. The first-order chi connectivity index (χ1) is 8.39. The van der Waals surface area contributed by atoms with E-state index in [4.69, 9.17) is 15.2 Å². The summed E-state index contributed by atoms with van der Waals surface area (Å²) in [6.07, 6.45) is 0.963. The smallest absolute Gasteiger partial charge is 0.123 e. The van der Waals surface area contributed by atoms with Crippen molar-refractivity contribution in [2.75, 3.05) is 13.7 Å². The van der Waals surface area contributed by atoms with Crippen molar-refractivity contribution in [3.63, 3.8) is 0 Å². The molecule has 0 heterocycles. The average Bonchev–Trinajstić information content (AvgIpc) is 2.36. The van der Waals surface area contributed by atoms with Gasteiger partial charge in [-0.15, -0.1) is 0 Å². The molecule has 0 aliphatic rings. The van der Waals surface area contributed by atoms with Crippen molar-refractivity contribution < 1.29 is 9.47 Å². The summed E-state index contributed by atoms with van der Waals surface area (Å²) in [7, 11) is 1.66. The van der Waals surface area contributed by atoms with Crippen molar-refractivity contribution >= 4 is 0 Å². The minimum Gasteiger partial charge on any atom is -0.496 e. The Balaban J connectivity index is 2.77. The Bertz CT molecular complexity index is 388. The van der Waals surface area contributed by atoms with Gasteiger partial charge >= 0.3 is 0 Å². The van der Waals surface area contributed by atoms with Gasteiger partial charge in [-0.05, 0) is 33.3 Å². The molecule has 0 spiro atoms. The quantitative estimate of drug-likeness (QED) is 0.844. The predicted octanol–water partition coefficient (Wildman–Crippen LogP) is 3.21. The van der Waals surface area contributed by atoms with Gasteiger partial charge in [0.2, 0.25) is 0 Å². The van der Waals surface area contributed by atoms with Gasteiger partial charge in [0.15, 0.2) is 0 Å². The Hall–Kier alpha value is -1.06. The highest BCUT2D eigenvalue weighted by Gasteiger charge is 2.19. The average molecular weight is 251 g/mol. The van der Waals surface area contributed by atoms with Gasteiger partial charge in [-0.1, -0.05) is 24.6 Å². The van der Waals surface area contributed by atoms with Crippen LogP contribution >= 0.6 is 0 Å². The van der Waals surface area contributed by atoms with Crippen LogP contribution in [0.15, 0.2) is 18.2 Å². The van der Waals surface area contributed by atoms with Crippen molar-refractivity contribution in [3.8, 4) is 5.75 Å². The zero-order valence-corrected chi connectivity index (χ0v) is 12.1. The summed E-state index contributed by atoms with van der Waals surface area (Å²) in [5.41, 5.74) is 8.25. The Labute approximate surface area is 110 Å². The summed E-state index contributed by atoms with van der Waals surface area (Å²) < 4.78 is 11.2. The second-order valence-electron chi connectivity index (χ2n) is 5.28. The van der Waals surface area contributed by atoms with Gasteiger partial charge in [-0.25, -0.2) is 0 Å². The Morgan fingerprint density at radius 1 is 1.33 bits per heavy atom. The fourth-order valence-corrected chi connectivity index (χ4v) is 1.65. The van der Waals surface area contributed by atoms with Crippen LogP contribution in [0.3, 0.4) is 0 Å². The molecule has 0 aliphatic carbocycles. The molecule has 0 fully saturated rings. The number of aryl methyl sites for hydroxylation is 1. The van der Waals surface area contributed by atoms with Gasteiger partial charge in [0.25, 0.3) is 0 Å². The van der Waals surface area contributed by atoms with E-state index in [9.17, 15) is 0 Å². The number of hydrogen-bond acceptors (Lipinski definition) is 3. The number of rotatable bonds is 6. The minimum atomic E-state index is -0.161. The van der Waals surface area contributed by atoms with Crippen molar-refractivity contribution in [1.82, 2.24) is 0 Å². The first-order valence-corrected chi connectivity index (χ1v) is 6.43. The lowest BCUT2D eigenvalue weighted by Gasteiger charge is -2.26. The van der Waals surface area contributed by atoms with Crippen LogP contribution < -0.4 is 10.5 Å². The summed E-state index contributed by atoms with van der Waals surface area (Å²) in [5.74, 6) is 0.825. The summed E-state index contributed by atoms with van der Waals surface area (Å²) in [4.78, 5) is 0. The molecule has 0 bridgehead atoms. The monoisotopic (exact) mass is 251 g/mol. The topological polar surface area (TPSA) is 44.5 Å². The highest BCUT2D eigenvalue weighted by Crippen LogP contribution is 2.26. The molecule has 1 aromatic rings. The Kier molecular flexibility index (Phi) is 5.17. The van der Waals surface area contributed by atoms with Crippen LogP contribution in [0.1, 0.15) is 44.4 Å². The molecule has 0 aliphatic heterocycles. The lowest BCUT2D eigenvalue weighted by Crippen LogP contribution is -2.28. The SMILES string of the molecule is CCC(C)(C)OCC(N)c1cc(C)ccc1OC. The van der Waals surface area contributed by atoms with Crippen LogP contribution in [0.25, 0.3) is 0 Å². The van der Waals surface area contributed by atoms with Gasteiger partial charge in [-0.3, -0.25) is 0 Å². The van der Waals surface area contributed by atoms with E-state index in [1.54, 1.807) is 7.11 Å². The van der Waals surface area contributed by atoms with E-state index in [0.717, 1.165) is 17.7 Å². The molecule has 0 saturated heterocycles. The molecule has 0 saturated carbocycles. The van der Waals surface area contributed by atoms with E-state index in [0.29, 0.717) is 6.61 Å². The maximum Gasteiger partial charge on any atom is 0.123 e. The largest absolute Gasteiger partial charge is 0.496 e. The van der Waals surface area contributed by atoms with Gasteiger partial charge in [0, 0.05) is 5.56 Å². The van der Waals surface area contributed by atoms with Crippen molar-refractivity contribution in [2.45, 2.75) is 45.8 Å². The van der Waals surface area contributed by atoms with Gasteiger partial charge < -0.3 is 15.2 Å². The molecular weight excluding hydrogens is 226 g/mol. The van der Waals surface area contributed by atoms with Crippen LogP contribution in [-0.2, 0) is 4.74 Å². The summed E-state index contributed by atoms with van der Waals surface area (Å²) in [6, 6.07) is 5.87. The summed E-state index contributed by atoms with van der Waals surface area (Å²) >= 11 is 0. The zero-order chi connectivity index (χ0) is 13.8. The van der Waals surface area contributed by atoms with E-state index >= 15 is 0 Å². The fraction of sp³-hybridized carbons (Fsp3) is 0.600. The molecular formula is C15H25NO2. The lowest BCUT2D eigenvalue weighted by atomic mass is 10.0. The second-order valence-corrected chi connectivity index (χ2v) is 5.28. The van der Waals surface area contributed by atoms with E-state index in [1.807, 2.05) is 19.1 Å². The Morgan fingerprint density at radius 3 is 2.56 bits per heavy atom. The van der Waals surface area contributed by atoms with Crippen LogP contribution in [0.5, 0.6) is 5.75 Å². The summed E-state index contributed by atoms with van der Waals surface area (Å²) in [5, 5.41) is 0. The number of nitrogens with two attached hydrogens (primary N) is 1. The van der Waals surface area contributed by atoms with Crippen LogP contribution in [-0.4, -0.2) is 19.3 Å². The second kappa shape index (κ2) is 6.21. The molecule has 3 heteroatoms. The molecule has 0 amide bonds. The first kappa shape index (κ1) is 15.0. The molecule has 0 radical (unpaired) electrons.